The highest BCUT2D eigenvalue weighted by atomic mass is 32.1. The number of carbonyl (C=O) groups excluding carboxylic acids is 1. The van der Waals surface area contributed by atoms with Crippen LogP contribution in [0.2, 0.25) is 0 Å². The highest BCUT2D eigenvalue weighted by Gasteiger charge is 2.20. The van der Waals surface area contributed by atoms with Crippen LogP contribution in [0.5, 0.6) is 0 Å². The average molecular weight is 439 g/mol. The zero-order valence-corrected chi connectivity index (χ0v) is 18.6. The minimum atomic E-state index is -0.341. The first-order valence-corrected chi connectivity index (χ1v) is 11.6. The van der Waals surface area contributed by atoms with Crippen LogP contribution in [0, 0.1) is 0 Å². The Hall–Kier alpha value is -3.00. The summed E-state index contributed by atoms with van der Waals surface area (Å²) in [5, 5.41) is 3.57. The summed E-state index contributed by atoms with van der Waals surface area (Å²) in [6.45, 7) is 4.28. The molecule has 0 aromatic carbocycles. The maximum atomic E-state index is 13.3. The van der Waals surface area contributed by atoms with Gasteiger partial charge in [-0.15, -0.1) is 11.3 Å². The number of hydrogen-bond acceptors (Lipinski definition) is 6. The van der Waals surface area contributed by atoms with Crippen LogP contribution in [0.3, 0.4) is 0 Å². The Labute approximate surface area is 184 Å². The molecule has 0 fully saturated rings. The summed E-state index contributed by atoms with van der Waals surface area (Å²) in [6.07, 6.45) is 14.2. The predicted octanol–water partition coefficient (Wildman–Crippen LogP) is 5.29. The van der Waals surface area contributed by atoms with Crippen molar-refractivity contribution in [1.82, 2.24) is 14.5 Å². The van der Waals surface area contributed by atoms with Gasteiger partial charge < -0.3 is 10.1 Å². The van der Waals surface area contributed by atoms with E-state index in [1.807, 2.05) is 6.08 Å². The molecule has 0 radical (unpaired) electrons. The van der Waals surface area contributed by atoms with Gasteiger partial charge in [0, 0.05) is 12.2 Å². The lowest BCUT2D eigenvalue weighted by molar-refractivity contribution is -0.115. The van der Waals surface area contributed by atoms with Gasteiger partial charge in [0.15, 0.2) is 5.76 Å². The van der Waals surface area contributed by atoms with Gasteiger partial charge in [-0.05, 0) is 37.5 Å². The molecule has 1 aliphatic heterocycles. The predicted molar refractivity (Wildman–Crippen MR) is 124 cm³/mol. The topological polar surface area (TPSA) is 86.1 Å². The molecule has 31 heavy (non-hydrogen) atoms. The van der Waals surface area contributed by atoms with E-state index in [0.717, 1.165) is 32.1 Å². The molecular formula is C23H26N4O3S. The van der Waals surface area contributed by atoms with E-state index in [1.54, 1.807) is 29.2 Å². The summed E-state index contributed by atoms with van der Waals surface area (Å²) in [6, 6.07) is 1.86. The molecule has 0 bridgehead atoms. The number of aromatic nitrogens is 3. The second kappa shape index (κ2) is 9.43. The molecule has 1 amide bonds. The second-order valence-electron chi connectivity index (χ2n) is 7.58. The van der Waals surface area contributed by atoms with Gasteiger partial charge >= 0.3 is 0 Å². The molecule has 1 unspecified atom stereocenters. The van der Waals surface area contributed by atoms with Gasteiger partial charge in [0.25, 0.3) is 11.5 Å². The number of hydrogen-bond donors (Lipinski definition) is 1. The van der Waals surface area contributed by atoms with Crippen LogP contribution in [-0.4, -0.2) is 20.4 Å². The van der Waals surface area contributed by atoms with Crippen molar-refractivity contribution >= 4 is 43.4 Å². The minimum Gasteiger partial charge on any atom is -0.460 e. The number of nitrogens with one attached hydrogen (secondary N) is 1. The molecule has 0 saturated heterocycles. The molecule has 3 aromatic heterocycles. The van der Waals surface area contributed by atoms with E-state index >= 15 is 0 Å². The Bertz CT molecular complexity index is 1220. The Morgan fingerprint density at radius 2 is 2.19 bits per heavy atom. The number of rotatable bonds is 8. The third kappa shape index (κ3) is 4.25. The van der Waals surface area contributed by atoms with E-state index in [9.17, 15) is 9.59 Å². The van der Waals surface area contributed by atoms with Gasteiger partial charge in [-0.1, -0.05) is 33.1 Å². The highest BCUT2D eigenvalue weighted by Crippen LogP contribution is 2.34. The third-order valence-corrected chi connectivity index (χ3v) is 6.59. The fraction of sp³-hybridized carbons (Fsp3) is 0.391. The van der Waals surface area contributed by atoms with Gasteiger partial charge in [0.05, 0.1) is 29.2 Å². The molecule has 0 saturated carbocycles. The smallest absolute Gasteiger partial charge is 0.291 e. The van der Waals surface area contributed by atoms with Crippen molar-refractivity contribution in [2.45, 2.75) is 58.4 Å². The van der Waals surface area contributed by atoms with Crippen LogP contribution in [0.25, 0.3) is 20.4 Å². The summed E-state index contributed by atoms with van der Waals surface area (Å²) < 4.78 is 7.62. The fourth-order valence-electron chi connectivity index (χ4n) is 3.83. The highest BCUT2D eigenvalue weighted by molar-refractivity contribution is 7.25. The molecule has 3 aromatic rings. The number of ether oxygens (including phenoxy) is 1. The monoisotopic (exact) mass is 438 g/mol. The molecule has 7 nitrogen and oxygen atoms in total. The normalized spacial score (nSPS) is 14.5. The summed E-state index contributed by atoms with van der Waals surface area (Å²) in [5.74, 6) is -0.0910. The molecule has 1 N–H and O–H groups in total. The Morgan fingerprint density at radius 1 is 1.32 bits per heavy atom. The van der Waals surface area contributed by atoms with E-state index in [0.29, 0.717) is 32.5 Å². The lowest BCUT2D eigenvalue weighted by atomic mass is 10.1. The van der Waals surface area contributed by atoms with E-state index in [-0.39, 0.29) is 23.3 Å². The third-order valence-electron chi connectivity index (χ3n) is 5.51. The molecular weight excluding hydrogens is 412 g/mol. The van der Waals surface area contributed by atoms with Crippen LogP contribution in [0.1, 0.15) is 58.4 Å². The molecule has 1 atom stereocenters. The number of thiophene rings is 1. The standard InChI is InChI=1S/C23H26N4O3S/c1-3-5-6-9-15(4-2)27-14-25-19-18-16(26-21(28)17-10-7-8-13-30-17)11-12-24-22(18)31-20(19)23(27)29/h8,10-15H,3-7,9H2,1-2H3,(H,24,26,28). The molecule has 162 valence electrons. The molecule has 4 rings (SSSR count). The van der Waals surface area contributed by atoms with E-state index in [2.05, 4.69) is 29.1 Å². The molecule has 8 heteroatoms. The average Bonchev–Trinajstić information content (AvgIpc) is 3.19. The number of anilines is 1. The number of fused-ring (bicyclic) bond motifs is 3. The van der Waals surface area contributed by atoms with Crippen molar-refractivity contribution in [2.75, 3.05) is 5.32 Å². The van der Waals surface area contributed by atoms with Crippen molar-refractivity contribution < 1.29 is 9.53 Å². The SMILES string of the molecule is CCCCCC(CC)n1cnc2c(sc3nccc(NC(=O)C4=CCC=CO4)c32)c1=O. The summed E-state index contributed by atoms with van der Waals surface area (Å²) in [7, 11) is 0. The zero-order valence-electron chi connectivity index (χ0n) is 17.8. The zero-order chi connectivity index (χ0) is 21.8. The van der Waals surface area contributed by atoms with Crippen molar-refractivity contribution in [2.24, 2.45) is 0 Å². The number of amides is 1. The Kier molecular flexibility index (Phi) is 6.46. The number of carbonyl (C=O) groups is 1. The largest absolute Gasteiger partial charge is 0.460 e. The van der Waals surface area contributed by atoms with Crippen molar-refractivity contribution in [1.29, 1.82) is 0 Å². The second-order valence-corrected chi connectivity index (χ2v) is 8.58. The van der Waals surface area contributed by atoms with Crippen LogP contribution in [0.4, 0.5) is 5.69 Å². The first-order valence-electron chi connectivity index (χ1n) is 10.8. The lowest BCUT2D eigenvalue weighted by Crippen LogP contribution is -2.24. The molecule has 0 spiro atoms. The molecule has 4 heterocycles. The lowest BCUT2D eigenvalue weighted by Gasteiger charge is -2.17. The Morgan fingerprint density at radius 3 is 2.94 bits per heavy atom. The summed E-state index contributed by atoms with van der Waals surface area (Å²) in [5.41, 5.74) is 1.10. The maximum absolute atomic E-state index is 13.3. The first-order chi connectivity index (χ1) is 15.1. The fourth-order valence-corrected chi connectivity index (χ4v) is 4.89. The van der Waals surface area contributed by atoms with Crippen LogP contribution in [0.15, 0.2) is 47.6 Å². The number of allylic oxidation sites excluding steroid dienone is 2. The van der Waals surface area contributed by atoms with Crippen LogP contribution < -0.4 is 10.9 Å². The van der Waals surface area contributed by atoms with E-state index in [1.165, 1.54) is 17.6 Å². The van der Waals surface area contributed by atoms with E-state index < -0.39 is 0 Å². The maximum Gasteiger partial charge on any atom is 0.291 e. The van der Waals surface area contributed by atoms with E-state index in [4.69, 9.17) is 4.74 Å². The summed E-state index contributed by atoms with van der Waals surface area (Å²) >= 11 is 1.32. The minimum absolute atomic E-state index is 0.0444. The molecule has 1 aliphatic rings. The summed E-state index contributed by atoms with van der Waals surface area (Å²) in [4.78, 5) is 35.6. The van der Waals surface area contributed by atoms with Gasteiger partial charge in [0.1, 0.15) is 9.53 Å². The van der Waals surface area contributed by atoms with Gasteiger partial charge in [-0.25, -0.2) is 9.97 Å². The first kappa shape index (κ1) is 21.2. The van der Waals surface area contributed by atoms with Gasteiger partial charge in [-0.2, -0.15) is 0 Å². The molecule has 0 aliphatic carbocycles. The number of unbranched alkanes of at least 4 members (excludes halogenated alkanes) is 2. The van der Waals surface area contributed by atoms with Gasteiger partial charge in [-0.3, -0.25) is 14.2 Å². The Balaban J connectivity index is 1.72. The number of pyridine rings is 1. The van der Waals surface area contributed by atoms with Crippen LogP contribution >= 0.6 is 11.3 Å². The van der Waals surface area contributed by atoms with Crippen molar-refractivity contribution in [3.8, 4) is 0 Å². The van der Waals surface area contributed by atoms with Gasteiger partial charge in [0.2, 0.25) is 0 Å². The van der Waals surface area contributed by atoms with Crippen molar-refractivity contribution in [3.63, 3.8) is 0 Å². The van der Waals surface area contributed by atoms with Crippen molar-refractivity contribution in [3.05, 3.63) is 53.1 Å². The number of nitrogens with zero attached hydrogens (tertiary/aromatic N) is 3. The quantitative estimate of drug-likeness (QED) is 0.483. The van der Waals surface area contributed by atoms with Crippen LogP contribution in [-0.2, 0) is 9.53 Å².